The molecular formula is C31H34O5. The van der Waals surface area contributed by atoms with Crippen molar-refractivity contribution >= 4 is 18.1 Å². The van der Waals surface area contributed by atoms with Crippen LogP contribution < -0.4 is 14.2 Å². The molecule has 0 bridgehead atoms. The maximum absolute atomic E-state index is 12.6. The summed E-state index contributed by atoms with van der Waals surface area (Å²) in [6.45, 7) is 7.98. The van der Waals surface area contributed by atoms with Crippen LogP contribution in [-0.4, -0.2) is 31.9 Å². The summed E-state index contributed by atoms with van der Waals surface area (Å²) in [5, 5.41) is 0. The van der Waals surface area contributed by atoms with E-state index in [1.54, 1.807) is 14.2 Å². The molecule has 0 radical (unpaired) electrons. The molecule has 1 heterocycles. The van der Waals surface area contributed by atoms with Gasteiger partial charge in [-0.1, -0.05) is 30.3 Å². The number of hydrogen-bond acceptors (Lipinski definition) is 5. The number of aldehydes is 1. The molecule has 0 unspecified atom stereocenters. The summed E-state index contributed by atoms with van der Waals surface area (Å²) in [5.41, 5.74) is 5.43. The lowest BCUT2D eigenvalue weighted by Gasteiger charge is -2.27. The first-order valence-electron chi connectivity index (χ1n) is 11.9. The van der Waals surface area contributed by atoms with Crippen LogP contribution in [0.25, 0.3) is 6.08 Å². The average molecular weight is 487 g/mol. The molecule has 1 aliphatic heterocycles. The first-order valence-corrected chi connectivity index (χ1v) is 11.9. The second kappa shape index (κ2) is 11.7. The second-order valence-corrected chi connectivity index (χ2v) is 9.37. The third kappa shape index (κ3) is 6.85. The molecule has 36 heavy (non-hydrogen) atoms. The molecule has 0 spiro atoms. The van der Waals surface area contributed by atoms with Gasteiger partial charge in [0.05, 0.1) is 14.2 Å². The monoisotopic (exact) mass is 486 g/mol. The average Bonchev–Trinajstić information content (AvgIpc) is 2.86. The van der Waals surface area contributed by atoms with E-state index in [2.05, 4.69) is 0 Å². The van der Waals surface area contributed by atoms with Crippen LogP contribution in [0, 0.1) is 13.8 Å². The van der Waals surface area contributed by atoms with E-state index in [1.165, 1.54) is 0 Å². The Bertz CT molecular complexity index is 1270. The summed E-state index contributed by atoms with van der Waals surface area (Å²) in [6, 6.07) is 17.3. The van der Waals surface area contributed by atoms with Crippen LogP contribution in [0.2, 0.25) is 0 Å². The molecule has 188 valence electrons. The van der Waals surface area contributed by atoms with Gasteiger partial charge in [0.25, 0.3) is 0 Å². The summed E-state index contributed by atoms with van der Waals surface area (Å²) >= 11 is 0. The number of Topliss-reactive ketones (excluding diaryl/α,β-unsaturated/α-hetero) is 1. The molecule has 0 atom stereocenters. The van der Waals surface area contributed by atoms with Gasteiger partial charge in [0.2, 0.25) is 0 Å². The number of carbonyl (C=O) groups is 2. The van der Waals surface area contributed by atoms with Crippen molar-refractivity contribution in [3.8, 4) is 17.2 Å². The zero-order chi connectivity index (χ0) is 26.3. The van der Waals surface area contributed by atoms with Crippen LogP contribution in [0.5, 0.6) is 17.2 Å². The first kappa shape index (κ1) is 26.7. The lowest BCUT2D eigenvalue weighted by Crippen LogP contribution is -2.27. The molecule has 0 amide bonds. The largest absolute Gasteiger partial charge is 0.496 e. The summed E-state index contributed by atoms with van der Waals surface area (Å²) in [5.74, 6) is 2.55. The minimum atomic E-state index is -0.309. The van der Waals surface area contributed by atoms with Crippen molar-refractivity contribution in [2.24, 2.45) is 0 Å². The highest BCUT2D eigenvalue weighted by atomic mass is 16.5. The van der Waals surface area contributed by atoms with E-state index in [0.717, 1.165) is 51.4 Å². The Morgan fingerprint density at radius 3 is 2.11 bits per heavy atom. The molecule has 1 aliphatic rings. The SMILES string of the molecule is COc1cc(CC(=O)c2ccc3c(c2)C=CC(C)(C)O3)ccc1C.COc1cc(CC=O)ccc1C. The van der Waals surface area contributed by atoms with Gasteiger partial charge < -0.3 is 19.0 Å². The highest BCUT2D eigenvalue weighted by Crippen LogP contribution is 2.31. The zero-order valence-electron chi connectivity index (χ0n) is 21.9. The normalized spacial score (nSPS) is 12.9. The van der Waals surface area contributed by atoms with Crippen molar-refractivity contribution in [3.63, 3.8) is 0 Å². The van der Waals surface area contributed by atoms with E-state index in [1.807, 2.05) is 94.4 Å². The van der Waals surface area contributed by atoms with Crippen molar-refractivity contribution in [2.45, 2.75) is 46.1 Å². The molecule has 3 aromatic carbocycles. The van der Waals surface area contributed by atoms with Gasteiger partial charge in [-0.15, -0.1) is 0 Å². The molecule has 0 saturated carbocycles. The number of ether oxygens (including phenoxy) is 3. The molecule has 0 N–H and O–H groups in total. The van der Waals surface area contributed by atoms with Crippen molar-refractivity contribution in [3.05, 3.63) is 94.1 Å². The van der Waals surface area contributed by atoms with Crippen molar-refractivity contribution < 1.29 is 23.8 Å². The van der Waals surface area contributed by atoms with Crippen LogP contribution in [-0.2, 0) is 17.6 Å². The maximum atomic E-state index is 12.6. The summed E-state index contributed by atoms with van der Waals surface area (Å²) in [7, 11) is 3.28. The number of fused-ring (bicyclic) bond motifs is 1. The number of hydrogen-bond donors (Lipinski definition) is 0. The van der Waals surface area contributed by atoms with Crippen molar-refractivity contribution in [1.82, 2.24) is 0 Å². The Labute approximate surface area is 213 Å². The Balaban J connectivity index is 0.000000253. The van der Waals surface area contributed by atoms with Crippen LogP contribution in [0.4, 0.5) is 0 Å². The van der Waals surface area contributed by atoms with Crippen LogP contribution >= 0.6 is 0 Å². The lowest BCUT2D eigenvalue weighted by molar-refractivity contribution is -0.107. The van der Waals surface area contributed by atoms with Crippen LogP contribution in [0.1, 0.15) is 52.0 Å². The molecule has 3 aromatic rings. The molecule has 4 rings (SSSR count). The van der Waals surface area contributed by atoms with Gasteiger partial charge in [-0.05, 0) is 86.4 Å². The van der Waals surface area contributed by atoms with Crippen molar-refractivity contribution in [1.29, 1.82) is 0 Å². The van der Waals surface area contributed by atoms with Gasteiger partial charge in [-0.2, -0.15) is 0 Å². The van der Waals surface area contributed by atoms with Gasteiger partial charge in [0.15, 0.2) is 5.78 Å². The number of methoxy groups -OCH3 is 2. The van der Waals surface area contributed by atoms with Crippen molar-refractivity contribution in [2.75, 3.05) is 14.2 Å². The Kier molecular flexibility index (Phi) is 8.70. The number of aryl methyl sites for hydroxylation is 2. The van der Waals surface area contributed by atoms with E-state index in [4.69, 9.17) is 14.2 Å². The molecule has 5 heteroatoms. The topological polar surface area (TPSA) is 61.8 Å². The predicted molar refractivity (Wildman–Crippen MR) is 143 cm³/mol. The standard InChI is InChI=1S/C21H22O3.C10H12O2/c1-14-5-6-15(12-20(14)23-4)11-18(22)16-7-8-19-17(13-16)9-10-21(2,3)24-19;1-8-3-4-9(5-6-11)7-10(8)12-2/h5-10,12-13H,11H2,1-4H3;3-4,6-7H,5H2,1-2H3. The summed E-state index contributed by atoms with van der Waals surface area (Å²) < 4.78 is 16.3. The van der Waals surface area contributed by atoms with E-state index in [9.17, 15) is 9.59 Å². The van der Waals surface area contributed by atoms with Gasteiger partial charge in [-0.3, -0.25) is 4.79 Å². The number of rotatable bonds is 7. The highest BCUT2D eigenvalue weighted by Gasteiger charge is 2.22. The van der Waals surface area contributed by atoms with Gasteiger partial charge in [0.1, 0.15) is 29.1 Å². The third-order valence-electron chi connectivity index (χ3n) is 6.00. The fourth-order valence-electron chi connectivity index (χ4n) is 3.90. The Hall–Kier alpha value is -3.86. The second-order valence-electron chi connectivity index (χ2n) is 9.37. The first-order chi connectivity index (χ1) is 17.2. The molecule has 0 saturated heterocycles. The summed E-state index contributed by atoms with van der Waals surface area (Å²) in [6.07, 6.45) is 5.73. The zero-order valence-corrected chi connectivity index (χ0v) is 21.9. The highest BCUT2D eigenvalue weighted by molar-refractivity contribution is 5.98. The minimum Gasteiger partial charge on any atom is -0.496 e. The van der Waals surface area contributed by atoms with E-state index >= 15 is 0 Å². The van der Waals surface area contributed by atoms with Gasteiger partial charge in [0, 0.05) is 24.0 Å². The molecule has 5 nitrogen and oxygen atoms in total. The lowest BCUT2D eigenvalue weighted by atomic mass is 9.97. The predicted octanol–water partition coefficient (Wildman–Crippen LogP) is 6.36. The number of carbonyl (C=O) groups excluding carboxylic acids is 2. The quantitative estimate of drug-likeness (QED) is 0.287. The molecular weight excluding hydrogens is 452 g/mol. The van der Waals surface area contributed by atoms with E-state index < -0.39 is 0 Å². The van der Waals surface area contributed by atoms with E-state index in [0.29, 0.717) is 18.4 Å². The maximum Gasteiger partial charge on any atom is 0.167 e. The molecule has 0 aromatic heterocycles. The fraction of sp³-hybridized carbons (Fsp3) is 0.290. The Morgan fingerprint density at radius 2 is 1.50 bits per heavy atom. The van der Waals surface area contributed by atoms with Gasteiger partial charge >= 0.3 is 0 Å². The van der Waals surface area contributed by atoms with Crippen LogP contribution in [0.15, 0.2) is 60.7 Å². The van der Waals surface area contributed by atoms with E-state index in [-0.39, 0.29) is 11.4 Å². The number of ketones is 1. The Morgan fingerprint density at radius 1 is 0.889 bits per heavy atom. The fourth-order valence-corrected chi connectivity index (χ4v) is 3.90. The van der Waals surface area contributed by atoms with Gasteiger partial charge in [-0.25, -0.2) is 0 Å². The summed E-state index contributed by atoms with van der Waals surface area (Å²) in [4.78, 5) is 22.8. The molecule has 0 fully saturated rings. The van der Waals surface area contributed by atoms with Crippen LogP contribution in [0.3, 0.4) is 0 Å². The minimum absolute atomic E-state index is 0.0851. The smallest absolute Gasteiger partial charge is 0.167 e. The third-order valence-corrected chi connectivity index (χ3v) is 6.00. The molecule has 0 aliphatic carbocycles. The number of benzene rings is 3.